The van der Waals surface area contributed by atoms with E-state index in [9.17, 15) is 10.1 Å². The SMILES string of the molecule is CCCNc1cc(CN(C)C2CCSC2)ccc1[N+](=O)[O-]. The lowest BCUT2D eigenvalue weighted by Crippen LogP contribution is -2.30. The molecule has 6 heteroatoms. The molecule has 0 spiro atoms. The number of benzene rings is 1. The first kappa shape index (κ1) is 16.1. The highest BCUT2D eigenvalue weighted by molar-refractivity contribution is 7.99. The van der Waals surface area contributed by atoms with Crippen LogP contribution in [0.15, 0.2) is 18.2 Å². The number of hydrogen-bond donors (Lipinski definition) is 1. The monoisotopic (exact) mass is 309 g/mol. The van der Waals surface area contributed by atoms with Crippen molar-refractivity contribution >= 4 is 23.1 Å². The number of nitro groups is 1. The summed E-state index contributed by atoms with van der Waals surface area (Å²) in [5.74, 6) is 2.42. The van der Waals surface area contributed by atoms with E-state index >= 15 is 0 Å². The molecule has 0 radical (unpaired) electrons. The van der Waals surface area contributed by atoms with E-state index in [1.807, 2.05) is 30.8 Å². The lowest BCUT2D eigenvalue weighted by Gasteiger charge is -2.23. The summed E-state index contributed by atoms with van der Waals surface area (Å²) in [4.78, 5) is 13.1. The van der Waals surface area contributed by atoms with E-state index in [2.05, 4.69) is 17.3 Å². The number of nitrogens with one attached hydrogen (secondary N) is 1. The zero-order valence-electron chi connectivity index (χ0n) is 12.7. The van der Waals surface area contributed by atoms with Crippen molar-refractivity contribution < 1.29 is 4.92 Å². The van der Waals surface area contributed by atoms with Crippen molar-refractivity contribution in [1.82, 2.24) is 4.90 Å². The summed E-state index contributed by atoms with van der Waals surface area (Å²) in [6, 6.07) is 6.03. The normalized spacial score (nSPS) is 18.1. The van der Waals surface area contributed by atoms with Crippen molar-refractivity contribution in [3.05, 3.63) is 33.9 Å². The lowest BCUT2D eigenvalue weighted by atomic mass is 10.1. The van der Waals surface area contributed by atoms with Crippen LogP contribution in [0.1, 0.15) is 25.3 Å². The Morgan fingerprint density at radius 3 is 2.95 bits per heavy atom. The molecule has 0 bridgehead atoms. The third-order valence-electron chi connectivity index (χ3n) is 3.78. The Hall–Kier alpha value is -1.27. The molecule has 1 N–H and O–H groups in total. The second kappa shape index (κ2) is 7.66. The summed E-state index contributed by atoms with van der Waals surface area (Å²) in [5.41, 5.74) is 1.92. The first-order chi connectivity index (χ1) is 10.1. The van der Waals surface area contributed by atoms with Gasteiger partial charge in [-0.3, -0.25) is 15.0 Å². The van der Waals surface area contributed by atoms with Crippen molar-refractivity contribution in [3.8, 4) is 0 Å². The van der Waals surface area contributed by atoms with Crippen molar-refractivity contribution in [2.75, 3.05) is 30.4 Å². The molecule has 5 nitrogen and oxygen atoms in total. The zero-order chi connectivity index (χ0) is 15.2. The maximum absolute atomic E-state index is 11.1. The Kier molecular flexibility index (Phi) is 5.87. The van der Waals surface area contributed by atoms with Gasteiger partial charge in [0, 0.05) is 31.0 Å². The molecule has 0 saturated carbocycles. The third-order valence-corrected chi connectivity index (χ3v) is 4.93. The number of nitro benzene ring substituents is 1. The van der Waals surface area contributed by atoms with Crippen LogP contribution in [0.4, 0.5) is 11.4 Å². The Bertz CT molecular complexity index is 490. The molecule has 0 amide bonds. The fraction of sp³-hybridized carbons (Fsp3) is 0.600. The second-order valence-electron chi connectivity index (χ2n) is 5.47. The van der Waals surface area contributed by atoms with Gasteiger partial charge in [0.15, 0.2) is 0 Å². The predicted molar refractivity (Wildman–Crippen MR) is 89.1 cm³/mol. The van der Waals surface area contributed by atoms with Crippen LogP contribution in [-0.4, -0.2) is 41.0 Å². The van der Waals surface area contributed by atoms with Gasteiger partial charge in [-0.05, 0) is 37.3 Å². The Morgan fingerprint density at radius 1 is 1.52 bits per heavy atom. The van der Waals surface area contributed by atoms with Crippen molar-refractivity contribution in [2.45, 2.75) is 32.4 Å². The van der Waals surface area contributed by atoms with Gasteiger partial charge >= 0.3 is 0 Å². The fourth-order valence-corrected chi connectivity index (χ4v) is 3.83. The van der Waals surface area contributed by atoms with E-state index in [-0.39, 0.29) is 10.6 Å². The van der Waals surface area contributed by atoms with Gasteiger partial charge in [-0.2, -0.15) is 11.8 Å². The van der Waals surface area contributed by atoms with E-state index in [1.165, 1.54) is 17.9 Å². The topological polar surface area (TPSA) is 58.4 Å². The average Bonchev–Trinajstić information content (AvgIpc) is 2.99. The molecule has 1 aromatic rings. The fourth-order valence-electron chi connectivity index (χ4n) is 2.53. The molecule has 2 rings (SSSR count). The van der Waals surface area contributed by atoms with Gasteiger partial charge in [0.2, 0.25) is 0 Å². The first-order valence-corrected chi connectivity index (χ1v) is 8.56. The highest BCUT2D eigenvalue weighted by atomic mass is 32.2. The van der Waals surface area contributed by atoms with Gasteiger partial charge in [0.1, 0.15) is 5.69 Å². The van der Waals surface area contributed by atoms with Gasteiger partial charge in [0.25, 0.3) is 5.69 Å². The van der Waals surface area contributed by atoms with Crippen LogP contribution in [-0.2, 0) is 6.54 Å². The molecule has 1 aromatic carbocycles. The van der Waals surface area contributed by atoms with Crippen LogP contribution in [0.5, 0.6) is 0 Å². The number of rotatable bonds is 7. The summed E-state index contributed by atoms with van der Waals surface area (Å²) in [5, 5.41) is 14.2. The second-order valence-corrected chi connectivity index (χ2v) is 6.62. The smallest absolute Gasteiger partial charge is 0.292 e. The molecular formula is C15H23N3O2S. The van der Waals surface area contributed by atoms with Crippen LogP contribution in [0.2, 0.25) is 0 Å². The standard InChI is InChI=1S/C15H23N3O2S/c1-3-7-16-14-9-12(4-5-15(14)18(19)20)10-17(2)13-6-8-21-11-13/h4-5,9,13,16H,3,6-8,10-11H2,1-2H3. The molecule has 1 aliphatic heterocycles. The van der Waals surface area contributed by atoms with E-state index < -0.39 is 0 Å². The molecule has 1 aliphatic rings. The summed E-state index contributed by atoms with van der Waals surface area (Å²) < 4.78 is 0. The molecule has 1 heterocycles. The van der Waals surface area contributed by atoms with Crippen LogP contribution in [0, 0.1) is 10.1 Å². The van der Waals surface area contributed by atoms with Crippen LogP contribution >= 0.6 is 11.8 Å². The Labute approximate surface area is 130 Å². The van der Waals surface area contributed by atoms with Gasteiger partial charge in [-0.25, -0.2) is 0 Å². The minimum Gasteiger partial charge on any atom is -0.379 e. The lowest BCUT2D eigenvalue weighted by molar-refractivity contribution is -0.384. The van der Waals surface area contributed by atoms with Gasteiger partial charge in [-0.1, -0.05) is 13.0 Å². The summed E-state index contributed by atoms with van der Waals surface area (Å²) in [6.07, 6.45) is 2.18. The van der Waals surface area contributed by atoms with Crippen molar-refractivity contribution in [1.29, 1.82) is 0 Å². The zero-order valence-corrected chi connectivity index (χ0v) is 13.5. The van der Waals surface area contributed by atoms with E-state index in [0.29, 0.717) is 11.7 Å². The van der Waals surface area contributed by atoms with E-state index in [4.69, 9.17) is 0 Å². The van der Waals surface area contributed by atoms with Gasteiger partial charge < -0.3 is 5.32 Å². The van der Waals surface area contributed by atoms with Crippen molar-refractivity contribution in [3.63, 3.8) is 0 Å². The van der Waals surface area contributed by atoms with E-state index in [1.54, 1.807) is 6.07 Å². The van der Waals surface area contributed by atoms with Crippen molar-refractivity contribution in [2.24, 2.45) is 0 Å². The molecule has 0 aliphatic carbocycles. The number of anilines is 1. The summed E-state index contributed by atoms with van der Waals surface area (Å²) in [7, 11) is 2.14. The van der Waals surface area contributed by atoms with Gasteiger partial charge in [0.05, 0.1) is 4.92 Å². The highest BCUT2D eigenvalue weighted by Gasteiger charge is 2.21. The van der Waals surface area contributed by atoms with Crippen LogP contribution < -0.4 is 5.32 Å². The molecule has 116 valence electrons. The predicted octanol–water partition coefficient (Wildman–Crippen LogP) is 3.35. The molecule has 0 aromatic heterocycles. The molecule has 1 atom stereocenters. The highest BCUT2D eigenvalue weighted by Crippen LogP contribution is 2.27. The molecule has 1 fully saturated rings. The Morgan fingerprint density at radius 2 is 2.33 bits per heavy atom. The quantitative estimate of drug-likeness (QED) is 0.618. The van der Waals surface area contributed by atoms with E-state index in [0.717, 1.165) is 25.1 Å². The summed E-state index contributed by atoms with van der Waals surface area (Å²) in [6.45, 7) is 3.64. The Balaban J connectivity index is 2.10. The number of hydrogen-bond acceptors (Lipinski definition) is 5. The molecule has 21 heavy (non-hydrogen) atoms. The third kappa shape index (κ3) is 4.35. The maximum Gasteiger partial charge on any atom is 0.292 e. The maximum atomic E-state index is 11.1. The van der Waals surface area contributed by atoms with Gasteiger partial charge in [-0.15, -0.1) is 0 Å². The minimum atomic E-state index is -0.320. The minimum absolute atomic E-state index is 0.159. The first-order valence-electron chi connectivity index (χ1n) is 7.41. The summed E-state index contributed by atoms with van der Waals surface area (Å²) >= 11 is 2.00. The van der Waals surface area contributed by atoms with Crippen LogP contribution in [0.25, 0.3) is 0 Å². The molecule has 1 unspecified atom stereocenters. The number of thioether (sulfide) groups is 1. The van der Waals surface area contributed by atoms with Crippen LogP contribution in [0.3, 0.4) is 0 Å². The molecular weight excluding hydrogens is 286 g/mol. The number of nitrogens with zero attached hydrogens (tertiary/aromatic N) is 2. The molecule has 1 saturated heterocycles. The average molecular weight is 309 g/mol. The largest absolute Gasteiger partial charge is 0.379 e.